The lowest BCUT2D eigenvalue weighted by molar-refractivity contribution is -0.392. The SMILES string of the molecule is CN(C)c1c([N+](=O)[O-])cc(N2C(=O)[C@H]3[C@H](CC=C4[C@H]3C[C@@]3(Cl)C(=O)N(c5c(F)c(F)c(F)c(F)c5F)C(=O)[C@@]3(Cl)[C@H]4c3cccc(F)c3O)C2=O)cc1[N+](=O)[O-]. The second-order valence-electron chi connectivity index (χ2n) is 13.6. The molecule has 2 aliphatic heterocycles. The highest BCUT2D eigenvalue weighted by molar-refractivity contribution is 6.58. The summed E-state index contributed by atoms with van der Waals surface area (Å²) >= 11 is 14.0. The number of amides is 4. The fourth-order valence-corrected chi connectivity index (χ4v) is 9.31. The minimum atomic E-state index is -3.05. The third-order valence-electron chi connectivity index (χ3n) is 10.7. The molecular formula is C34H21Cl2F6N5O9. The van der Waals surface area contributed by atoms with Crippen LogP contribution in [0.4, 0.5) is 54.8 Å². The molecule has 6 atom stereocenters. The molecule has 0 aromatic heterocycles. The van der Waals surface area contributed by atoms with Gasteiger partial charge >= 0.3 is 11.4 Å². The van der Waals surface area contributed by atoms with Crippen LogP contribution in [-0.4, -0.2) is 62.4 Å². The molecule has 3 aromatic carbocycles. The number of rotatable bonds is 6. The summed E-state index contributed by atoms with van der Waals surface area (Å²) in [6.45, 7) is 0. The number of carbonyl (C=O) groups is 4. The van der Waals surface area contributed by atoms with Crippen molar-refractivity contribution in [3.63, 3.8) is 0 Å². The molecule has 7 rings (SSSR count). The van der Waals surface area contributed by atoms with Gasteiger partial charge in [0.15, 0.2) is 50.3 Å². The van der Waals surface area contributed by atoms with Gasteiger partial charge in [-0.2, -0.15) is 0 Å². The molecular weight excluding hydrogens is 807 g/mol. The van der Waals surface area contributed by atoms with Gasteiger partial charge in [0, 0.05) is 37.7 Å². The van der Waals surface area contributed by atoms with Gasteiger partial charge in [0.1, 0.15) is 5.69 Å². The number of nitro groups is 2. The highest BCUT2D eigenvalue weighted by Gasteiger charge is 2.77. The van der Waals surface area contributed by atoms with Crippen LogP contribution in [0.5, 0.6) is 5.75 Å². The molecule has 2 heterocycles. The molecule has 56 heavy (non-hydrogen) atoms. The first-order valence-corrected chi connectivity index (χ1v) is 16.9. The van der Waals surface area contributed by atoms with Crippen LogP contribution >= 0.6 is 23.2 Å². The number of nitrogens with zero attached hydrogens (tertiary/aromatic N) is 5. The Bertz CT molecular complexity index is 2370. The zero-order chi connectivity index (χ0) is 41.2. The number of halogens is 8. The molecule has 1 saturated carbocycles. The molecule has 0 bridgehead atoms. The first-order chi connectivity index (χ1) is 26.1. The minimum absolute atomic E-state index is 0.137. The van der Waals surface area contributed by atoms with Crippen molar-refractivity contribution in [1.82, 2.24) is 0 Å². The lowest BCUT2D eigenvalue weighted by atomic mass is 9.56. The summed E-state index contributed by atoms with van der Waals surface area (Å²) in [7, 11) is 2.56. The number of carbonyl (C=O) groups excluding carboxylic acids is 4. The lowest BCUT2D eigenvalue weighted by Gasteiger charge is -2.50. The monoisotopic (exact) mass is 827 g/mol. The van der Waals surface area contributed by atoms with Crippen LogP contribution in [0, 0.1) is 72.9 Å². The van der Waals surface area contributed by atoms with Crippen LogP contribution in [0.15, 0.2) is 42.0 Å². The molecule has 14 nitrogen and oxygen atoms in total. The van der Waals surface area contributed by atoms with Crippen molar-refractivity contribution < 1.29 is 60.5 Å². The number of alkyl halides is 2. The highest BCUT2D eigenvalue weighted by atomic mass is 35.5. The van der Waals surface area contributed by atoms with E-state index in [0.29, 0.717) is 4.90 Å². The number of allylic oxidation sites excluding steroid dienone is 2. The molecule has 0 spiro atoms. The van der Waals surface area contributed by atoms with Crippen LogP contribution < -0.4 is 14.7 Å². The van der Waals surface area contributed by atoms with Crippen molar-refractivity contribution in [2.75, 3.05) is 28.8 Å². The number of phenols is 1. The van der Waals surface area contributed by atoms with Crippen LogP contribution in [0.1, 0.15) is 24.3 Å². The van der Waals surface area contributed by atoms with Crippen LogP contribution in [-0.2, 0) is 19.2 Å². The summed E-state index contributed by atoms with van der Waals surface area (Å²) in [5.41, 5.74) is -5.54. The van der Waals surface area contributed by atoms with Crippen molar-refractivity contribution in [3.8, 4) is 5.75 Å². The predicted molar refractivity (Wildman–Crippen MR) is 181 cm³/mol. The van der Waals surface area contributed by atoms with E-state index < -0.39 is 159 Å². The fourth-order valence-electron chi connectivity index (χ4n) is 8.39. The summed E-state index contributed by atoms with van der Waals surface area (Å²) in [4.78, 5) is 74.2. The summed E-state index contributed by atoms with van der Waals surface area (Å²) in [6.07, 6.45) is -0.0916. The van der Waals surface area contributed by atoms with Crippen LogP contribution in [0.2, 0.25) is 0 Å². The Balaban J connectivity index is 1.43. The molecule has 4 amide bonds. The molecule has 3 fully saturated rings. The van der Waals surface area contributed by atoms with Crippen molar-refractivity contribution >= 4 is 75.3 Å². The van der Waals surface area contributed by atoms with E-state index in [1.54, 1.807) is 0 Å². The summed E-state index contributed by atoms with van der Waals surface area (Å²) in [5, 5.41) is 35.1. The Labute approximate surface area is 318 Å². The minimum Gasteiger partial charge on any atom is -0.505 e. The average Bonchev–Trinajstić information content (AvgIpc) is 3.48. The van der Waals surface area contributed by atoms with Gasteiger partial charge < -0.3 is 10.0 Å². The van der Waals surface area contributed by atoms with Gasteiger partial charge in [0.2, 0.25) is 17.6 Å². The number of hydrogen-bond donors (Lipinski definition) is 1. The van der Waals surface area contributed by atoms with Gasteiger partial charge in [-0.05, 0) is 24.8 Å². The highest BCUT2D eigenvalue weighted by Crippen LogP contribution is 2.67. The molecule has 0 radical (unpaired) electrons. The Morgan fingerprint density at radius 1 is 0.821 bits per heavy atom. The summed E-state index contributed by atoms with van der Waals surface area (Å²) in [5.74, 6) is -27.8. The van der Waals surface area contributed by atoms with Crippen LogP contribution in [0.25, 0.3) is 0 Å². The molecule has 1 N–H and O–H groups in total. The van der Waals surface area contributed by atoms with E-state index >= 15 is 8.78 Å². The van der Waals surface area contributed by atoms with Gasteiger partial charge in [-0.15, -0.1) is 23.2 Å². The van der Waals surface area contributed by atoms with Crippen LogP contribution in [0.3, 0.4) is 0 Å². The van der Waals surface area contributed by atoms with Crippen molar-refractivity contribution in [2.45, 2.75) is 28.5 Å². The maximum Gasteiger partial charge on any atom is 0.301 e. The number of para-hydroxylation sites is 1. The van der Waals surface area contributed by atoms with Gasteiger partial charge in [-0.3, -0.25) is 39.4 Å². The van der Waals surface area contributed by atoms with E-state index in [0.717, 1.165) is 35.2 Å². The van der Waals surface area contributed by atoms with Crippen molar-refractivity contribution in [3.05, 3.63) is 103 Å². The summed E-state index contributed by atoms with van der Waals surface area (Å²) in [6, 6.07) is 4.34. The molecule has 2 aliphatic carbocycles. The largest absolute Gasteiger partial charge is 0.505 e. The Hall–Kier alpha value is -5.76. The molecule has 4 aliphatic rings. The molecule has 0 unspecified atom stereocenters. The Kier molecular flexibility index (Phi) is 8.69. The Morgan fingerprint density at radius 2 is 1.38 bits per heavy atom. The molecule has 3 aromatic rings. The number of imide groups is 2. The second-order valence-corrected chi connectivity index (χ2v) is 14.9. The fraction of sp³-hybridized carbons (Fsp3) is 0.294. The van der Waals surface area contributed by atoms with E-state index in [1.165, 1.54) is 20.2 Å². The molecule has 2 saturated heterocycles. The van der Waals surface area contributed by atoms with Gasteiger partial charge in [-0.25, -0.2) is 36.1 Å². The zero-order valence-electron chi connectivity index (χ0n) is 28.2. The van der Waals surface area contributed by atoms with E-state index in [9.17, 15) is 62.1 Å². The van der Waals surface area contributed by atoms with E-state index in [1.807, 2.05) is 0 Å². The van der Waals surface area contributed by atoms with E-state index in [4.69, 9.17) is 23.2 Å². The van der Waals surface area contributed by atoms with Crippen molar-refractivity contribution in [2.24, 2.45) is 17.8 Å². The third kappa shape index (κ3) is 4.83. The topological polar surface area (TPSA) is 185 Å². The maximum atomic E-state index is 15.2. The van der Waals surface area contributed by atoms with Gasteiger partial charge in [-0.1, -0.05) is 23.8 Å². The standard InChI is InChI=1S/C34H21Cl2F6N5O9/c1-43(2)26-17(46(53)54)8-11(9-18(26)47(55)56)44-29(49)13-7-6-12-15(19(13)30(44)50)10-33(35)31(51)45(27-24(41)22(39)21(38)23(40)25(27)42)32(52)34(33,36)20(12)14-4-3-5-16(37)28(14)48/h3-6,8-9,13,15,19-20,48H,7,10H2,1-2H3/t13-,15+,19-,20+,33+,34-/m0/s1. The smallest absolute Gasteiger partial charge is 0.301 e. The lowest BCUT2D eigenvalue weighted by Crippen LogP contribution is -2.60. The molecule has 292 valence electrons. The van der Waals surface area contributed by atoms with Crippen molar-refractivity contribution in [1.29, 1.82) is 0 Å². The van der Waals surface area contributed by atoms with E-state index in [-0.39, 0.29) is 5.57 Å². The number of benzene rings is 3. The quantitative estimate of drug-likeness (QED) is 0.0460. The maximum absolute atomic E-state index is 15.2. The van der Waals surface area contributed by atoms with Gasteiger partial charge in [0.25, 0.3) is 11.8 Å². The first kappa shape index (κ1) is 38.5. The number of anilines is 3. The number of aromatic hydroxyl groups is 1. The third-order valence-corrected chi connectivity index (χ3v) is 12.1. The molecule has 22 heteroatoms. The number of fused-ring (bicyclic) bond motifs is 4. The van der Waals surface area contributed by atoms with Gasteiger partial charge in [0.05, 0.1) is 27.4 Å². The number of phenolic OH excluding ortho intramolecular Hbond substituents is 1. The Morgan fingerprint density at radius 3 is 1.91 bits per heavy atom. The number of nitro benzene ring substituents is 2. The second kappa shape index (κ2) is 12.6. The average molecular weight is 828 g/mol. The number of hydrogen-bond acceptors (Lipinski definition) is 10. The summed E-state index contributed by atoms with van der Waals surface area (Å²) < 4.78 is 88.4. The zero-order valence-corrected chi connectivity index (χ0v) is 29.7. The first-order valence-electron chi connectivity index (χ1n) is 16.1. The predicted octanol–water partition coefficient (Wildman–Crippen LogP) is 5.88. The van der Waals surface area contributed by atoms with E-state index in [2.05, 4.69) is 0 Å². The normalized spacial score (nSPS) is 26.9.